The Kier molecular flexibility index (Phi) is 12.6. The molecule has 15 heteroatoms. The highest BCUT2D eigenvalue weighted by Gasteiger charge is 2.41. The average molecular weight is 673 g/mol. The maximum absolute atomic E-state index is 13.7. The second kappa shape index (κ2) is 15.7. The third-order valence-electron chi connectivity index (χ3n) is 7.45. The summed E-state index contributed by atoms with van der Waals surface area (Å²) in [5.74, 6) is -7.49. The first kappa shape index (κ1) is 36.7. The van der Waals surface area contributed by atoms with E-state index in [4.69, 9.17) is 5.73 Å². The van der Waals surface area contributed by atoms with Crippen molar-refractivity contribution in [2.75, 3.05) is 23.5 Å². The van der Waals surface area contributed by atoms with Crippen LogP contribution in [0.2, 0.25) is 0 Å². The van der Waals surface area contributed by atoms with Gasteiger partial charge in [0, 0.05) is 48.6 Å². The van der Waals surface area contributed by atoms with Gasteiger partial charge in [0.15, 0.2) is 0 Å². The molecule has 4 atom stereocenters. The number of benzodiazepines with no additional fused rings is 1. The Hall–Kier alpha value is -3.72. The number of fused-ring (bicyclic) bond motifs is 1. The van der Waals surface area contributed by atoms with Gasteiger partial charge in [-0.1, -0.05) is 48.5 Å². The van der Waals surface area contributed by atoms with Crippen molar-refractivity contribution in [2.24, 2.45) is 22.6 Å². The molecule has 0 bridgehead atoms. The molecule has 0 aliphatic carbocycles. The largest absolute Gasteiger partial charge is 0.389 e. The standard InChI is InChI=1S/C31H34F6N4O4S/c1-18(42)23(38)16-46-17-25(43)20(12-14-30(32,33)34)21(13-15-31(35,36)37)28(44)40-27-29(45)41(2)24-11-7-6-10-22(24)26(39-27)19-8-4-3-5-9-19/h3-11,20-21,23,27H,12-17,38H2,1-2H3,(H,40,44)/t20-,21+,23-,27+/m0/s1. The molecule has 0 spiro atoms. The summed E-state index contributed by atoms with van der Waals surface area (Å²) < 4.78 is 80.0. The monoisotopic (exact) mass is 672 g/mol. The minimum Gasteiger partial charge on any atom is -0.326 e. The summed E-state index contributed by atoms with van der Waals surface area (Å²) in [6.45, 7) is 1.22. The first-order chi connectivity index (χ1) is 21.5. The minimum atomic E-state index is -4.79. The van der Waals surface area contributed by atoms with Gasteiger partial charge in [0.05, 0.1) is 23.2 Å². The number of hydrogen-bond acceptors (Lipinski definition) is 7. The number of para-hydroxylation sites is 1. The summed E-state index contributed by atoms with van der Waals surface area (Å²) in [5, 5.41) is 2.34. The number of thioether (sulfide) groups is 1. The van der Waals surface area contributed by atoms with Crippen LogP contribution < -0.4 is 16.0 Å². The Morgan fingerprint density at radius 3 is 2.09 bits per heavy atom. The van der Waals surface area contributed by atoms with Crippen LogP contribution in [0.4, 0.5) is 32.0 Å². The molecule has 0 saturated heterocycles. The third kappa shape index (κ3) is 10.4. The van der Waals surface area contributed by atoms with E-state index in [9.17, 15) is 45.5 Å². The lowest BCUT2D eigenvalue weighted by Gasteiger charge is -2.28. The number of nitrogens with two attached hydrogens (primary N) is 1. The molecule has 3 N–H and O–H groups in total. The molecular weight excluding hydrogens is 638 g/mol. The Balaban J connectivity index is 2.00. The first-order valence-corrected chi connectivity index (χ1v) is 15.4. The van der Waals surface area contributed by atoms with Crippen LogP contribution in [0, 0.1) is 11.8 Å². The number of benzene rings is 2. The predicted molar refractivity (Wildman–Crippen MR) is 162 cm³/mol. The van der Waals surface area contributed by atoms with Crippen molar-refractivity contribution in [1.29, 1.82) is 0 Å². The normalized spacial score (nSPS) is 17.3. The van der Waals surface area contributed by atoms with E-state index in [1.54, 1.807) is 54.6 Å². The first-order valence-electron chi connectivity index (χ1n) is 14.3. The smallest absolute Gasteiger partial charge is 0.326 e. The second-order valence-electron chi connectivity index (χ2n) is 10.9. The summed E-state index contributed by atoms with van der Waals surface area (Å²) in [4.78, 5) is 57.7. The lowest BCUT2D eigenvalue weighted by Crippen LogP contribution is -2.49. The Morgan fingerprint density at radius 2 is 1.50 bits per heavy atom. The van der Waals surface area contributed by atoms with Crippen molar-refractivity contribution in [3.8, 4) is 0 Å². The zero-order valence-electron chi connectivity index (χ0n) is 25.0. The molecular formula is C31H34F6N4O4S. The van der Waals surface area contributed by atoms with Gasteiger partial charge in [0.1, 0.15) is 11.6 Å². The van der Waals surface area contributed by atoms with E-state index in [0.29, 0.717) is 16.8 Å². The van der Waals surface area contributed by atoms with Crippen molar-refractivity contribution in [1.82, 2.24) is 5.32 Å². The number of anilines is 1. The molecule has 1 aliphatic heterocycles. The van der Waals surface area contributed by atoms with Crippen molar-refractivity contribution in [3.05, 3.63) is 65.7 Å². The number of hydrogen-bond donors (Lipinski definition) is 2. The quantitative estimate of drug-likeness (QED) is 0.270. The molecule has 0 saturated carbocycles. The number of carbonyl (C=O) groups is 4. The van der Waals surface area contributed by atoms with E-state index in [-0.39, 0.29) is 11.5 Å². The maximum atomic E-state index is 13.7. The fourth-order valence-corrected chi connectivity index (χ4v) is 5.96. The molecule has 0 radical (unpaired) electrons. The highest BCUT2D eigenvalue weighted by molar-refractivity contribution is 8.00. The van der Waals surface area contributed by atoms with Gasteiger partial charge in [-0.3, -0.25) is 19.2 Å². The summed E-state index contributed by atoms with van der Waals surface area (Å²) in [5.41, 5.74) is 7.45. The molecule has 46 heavy (non-hydrogen) atoms. The molecule has 1 heterocycles. The van der Waals surface area contributed by atoms with E-state index in [2.05, 4.69) is 10.3 Å². The second-order valence-corrected chi connectivity index (χ2v) is 11.9. The van der Waals surface area contributed by atoms with Gasteiger partial charge < -0.3 is 16.0 Å². The zero-order chi connectivity index (χ0) is 34.2. The third-order valence-corrected chi connectivity index (χ3v) is 8.53. The number of amides is 2. The van der Waals surface area contributed by atoms with Gasteiger partial charge in [-0.25, -0.2) is 4.99 Å². The summed E-state index contributed by atoms with van der Waals surface area (Å²) in [6.07, 6.45) is -16.3. The summed E-state index contributed by atoms with van der Waals surface area (Å²) in [6, 6.07) is 14.4. The number of Topliss-reactive ketones (excluding diaryl/α,β-unsaturated/α-hetero) is 2. The van der Waals surface area contributed by atoms with E-state index >= 15 is 0 Å². The number of halogens is 6. The number of likely N-dealkylation sites (N-methyl/N-ethyl adjacent to an activating group) is 1. The van der Waals surface area contributed by atoms with Gasteiger partial charge in [-0.05, 0) is 25.8 Å². The number of alkyl halides is 6. The van der Waals surface area contributed by atoms with Gasteiger partial charge in [0.2, 0.25) is 12.1 Å². The fourth-order valence-electron chi connectivity index (χ4n) is 4.94. The number of nitrogens with zero attached hydrogens (tertiary/aromatic N) is 2. The average Bonchev–Trinajstić information content (AvgIpc) is 3.08. The van der Waals surface area contributed by atoms with Gasteiger partial charge in [0.25, 0.3) is 5.91 Å². The van der Waals surface area contributed by atoms with E-state index in [1.165, 1.54) is 18.9 Å². The fraction of sp³-hybridized carbons (Fsp3) is 0.452. The molecule has 2 aromatic rings. The number of ketones is 2. The highest BCUT2D eigenvalue weighted by Crippen LogP contribution is 2.34. The van der Waals surface area contributed by atoms with Crippen molar-refractivity contribution < 1.29 is 45.5 Å². The predicted octanol–water partition coefficient (Wildman–Crippen LogP) is 5.08. The van der Waals surface area contributed by atoms with Crippen molar-refractivity contribution in [3.63, 3.8) is 0 Å². The number of aliphatic imine (C=N–C) groups is 1. The molecule has 8 nitrogen and oxygen atoms in total. The van der Waals surface area contributed by atoms with Crippen LogP contribution in [-0.2, 0) is 19.2 Å². The molecule has 0 unspecified atom stereocenters. The highest BCUT2D eigenvalue weighted by atomic mass is 32.2. The topological polar surface area (TPSA) is 122 Å². The number of carbonyl (C=O) groups excluding carboxylic acids is 4. The minimum absolute atomic E-state index is 0.0626. The van der Waals surface area contributed by atoms with Crippen LogP contribution in [0.25, 0.3) is 0 Å². The molecule has 0 fully saturated rings. The van der Waals surface area contributed by atoms with Crippen LogP contribution in [0.3, 0.4) is 0 Å². The molecule has 250 valence electrons. The van der Waals surface area contributed by atoms with Crippen LogP contribution in [0.1, 0.15) is 43.7 Å². The molecule has 2 aromatic carbocycles. The van der Waals surface area contributed by atoms with Crippen LogP contribution >= 0.6 is 11.8 Å². The van der Waals surface area contributed by atoms with Crippen molar-refractivity contribution >= 4 is 46.5 Å². The molecule has 1 aliphatic rings. The Labute approximate surface area is 266 Å². The summed E-state index contributed by atoms with van der Waals surface area (Å²) >= 11 is 0.829. The zero-order valence-corrected chi connectivity index (χ0v) is 25.8. The van der Waals surface area contributed by atoms with E-state index < -0.39 is 91.2 Å². The van der Waals surface area contributed by atoms with Gasteiger partial charge in [-0.15, -0.1) is 0 Å². The SMILES string of the molecule is CC(=O)[C@@H](N)CSCC(=O)[C@@H](CCC(F)(F)F)[C@@H](CCC(F)(F)F)C(=O)N[C@H]1N=C(c2ccccc2)c2ccccc2N(C)C1=O. The number of rotatable bonds is 14. The molecule has 2 amide bonds. The lowest BCUT2D eigenvalue weighted by atomic mass is 9.81. The maximum Gasteiger partial charge on any atom is 0.389 e. The van der Waals surface area contributed by atoms with Crippen LogP contribution in [0.15, 0.2) is 59.6 Å². The Morgan fingerprint density at radius 1 is 0.935 bits per heavy atom. The number of nitrogens with one attached hydrogen (secondary N) is 1. The van der Waals surface area contributed by atoms with Crippen LogP contribution in [0.5, 0.6) is 0 Å². The molecule has 0 aromatic heterocycles. The van der Waals surface area contributed by atoms with E-state index in [0.717, 1.165) is 11.8 Å². The van der Waals surface area contributed by atoms with Gasteiger partial charge in [-0.2, -0.15) is 38.1 Å². The van der Waals surface area contributed by atoms with E-state index in [1.807, 2.05) is 0 Å². The van der Waals surface area contributed by atoms with Crippen molar-refractivity contribution in [2.45, 2.75) is 57.2 Å². The van der Waals surface area contributed by atoms with Gasteiger partial charge >= 0.3 is 12.4 Å². The lowest BCUT2D eigenvalue weighted by molar-refractivity contribution is -0.152. The Bertz CT molecular complexity index is 1430. The molecule has 3 rings (SSSR count). The van der Waals surface area contributed by atoms with Crippen LogP contribution in [-0.4, -0.2) is 72.2 Å². The summed E-state index contributed by atoms with van der Waals surface area (Å²) in [7, 11) is 1.42.